The van der Waals surface area contributed by atoms with Crippen LogP contribution in [0.4, 0.5) is 4.39 Å². The van der Waals surface area contributed by atoms with Gasteiger partial charge in [0.2, 0.25) is 0 Å². The molecule has 2 rings (SSSR count). The van der Waals surface area contributed by atoms with Crippen LogP contribution in [0.15, 0.2) is 33.6 Å². The molecule has 0 aliphatic rings. The Hall–Kier alpha value is -0.720. The van der Waals surface area contributed by atoms with Crippen molar-refractivity contribution in [2.75, 3.05) is 0 Å². The third-order valence-electron chi connectivity index (χ3n) is 2.66. The van der Waals surface area contributed by atoms with Crippen LogP contribution in [0.5, 0.6) is 0 Å². The highest BCUT2D eigenvalue weighted by Crippen LogP contribution is 2.24. The summed E-state index contributed by atoms with van der Waals surface area (Å²) in [6.45, 7) is 2.12. The van der Waals surface area contributed by atoms with E-state index in [4.69, 9.17) is 12.2 Å². The van der Waals surface area contributed by atoms with Crippen molar-refractivity contribution in [1.82, 2.24) is 9.97 Å². The SMILES string of the molecule is CCCc1[nH]c(CSc2cccc(F)c2)nc(=S)c1Br. The lowest BCUT2D eigenvalue weighted by atomic mass is 10.2. The first-order valence-corrected chi connectivity index (χ1v) is 8.44. The number of hydrogen-bond acceptors (Lipinski definition) is 3. The second kappa shape index (κ2) is 7.33. The highest BCUT2D eigenvalue weighted by molar-refractivity contribution is 9.10. The Balaban J connectivity index is 2.15. The molecular weight excluding hydrogens is 359 g/mol. The minimum Gasteiger partial charge on any atom is -0.345 e. The molecule has 0 saturated heterocycles. The summed E-state index contributed by atoms with van der Waals surface area (Å²) in [5, 5.41) is 0. The van der Waals surface area contributed by atoms with Crippen LogP contribution in [0.25, 0.3) is 0 Å². The van der Waals surface area contributed by atoms with Crippen LogP contribution < -0.4 is 0 Å². The van der Waals surface area contributed by atoms with Crippen molar-refractivity contribution in [1.29, 1.82) is 0 Å². The highest BCUT2D eigenvalue weighted by Gasteiger charge is 2.06. The summed E-state index contributed by atoms with van der Waals surface area (Å²) < 4.78 is 14.6. The fraction of sp³-hybridized carbons (Fsp3) is 0.286. The van der Waals surface area contributed by atoms with E-state index >= 15 is 0 Å². The van der Waals surface area contributed by atoms with Gasteiger partial charge in [-0.25, -0.2) is 9.37 Å². The minimum atomic E-state index is -0.224. The molecule has 106 valence electrons. The fourth-order valence-corrected chi connectivity index (χ4v) is 3.19. The molecule has 2 nitrogen and oxygen atoms in total. The first-order chi connectivity index (χ1) is 9.60. The van der Waals surface area contributed by atoms with Gasteiger partial charge in [-0.05, 0) is 40.5 Å². The number of benzene rings is 1. The van der Waals surface area contributed by atoms with Crippen molar-refractivity contribution < 1.29 is 4.39 Å². The van der Waals surface area contributed by atoms with E-state index in [1.165, 1.54) is 23.9 Å². The van der Waals surface area contributed by atoms with Crippen molar-refractivity contribution in [3.8, 4) is 0 Å². The number of aromatic nitrogens is 2. The third-order valence-corrected chi connectivity index (χ3v) is 5.07. The van der Waals surface area contributed by atoms with Crippen LogP contribution in [0.2, 0.25) is 0 Å². The average molecular weight is 373 g/mol. The van der Waals surface area contributed by atoms with Crippen LogP contribution >= 0.6 is 39.9 Å². The summed E-state index contributed by atoms with van der Waals surface area (Å²) in [5.41, 5.74) is 1.07. The number of aromatic amines is 1. The zero-order valence-corrected chi connectivity index (χ0v) is 14.2. The number of halogens is 2. The second-order valence-electron chi connectivity index (χ2n) is 4.28. The van der Waals surface area contributed by atoms with Crippen molar-refractivity contribution in [3.63, 3.8) is 0 Å². The molecule has 0 amide bonds. The topological polar surface area (TPSA) is 28.7 Å². The molecule has 0 spiro atoms. The number of thioether (sulfide) groups is 1. The van der Waals surface area contributed by atoms with E-state index in [1.807, 2.05) is 6.07 Å². The molecular formula is C14H14BrFN2S2. The fourth-order valence-electron chi connectivity index (χ4n) is 1.76. The smallest absolute Gasteiger partial charge is 0.144 e. The Labute approximate surface area is 135 Å². The predicted molar refractivity (Wildman–Crippen MR) is 87.1 cm³/mol. The van der Waals surface area contributed by atoms with Gasteiger partial charge >= 0.3 is 0 Å². The first kappa shape index (κ1) is 15.7. The quantitative estimate of drug-likeness (QED) is 0.571. The van der Waals surface area contributed by atoms with E-state index in [9.17, 15) is 4.39 Å². The van der Waals surface area contributed by atoms with Crippen LogP contribution in [-0.4, -0.2) is 9.97 Å². The molecule has 0 radical (unpaired) electrons. The maximum absolute atomic E-state index is 13.1. The molecule has 0 bridgehead atoms. The maximum atomic E-state index is 13.1. The molecule has 0 aliphatic carbocycles. The Morgan fingerprint density at radius 1 is 1.45 bits per heavy atom. The summed E-state index contributed by atoms with van der Waals surface area (Å²) in [7, 11) is 0. The van der Waals surface area contributed by atoms with Gasteiger partial charge in [0.25, 0.3) is 0 Å². The van der Waals surface area contributed by atoms with Gasteiger partial charge < -0.3 is 4.98 Å². The van der Waals surface area contributed by atoms with Gasteiger partial charge in [-0.2, -0.15) is 0 Å². The Morgan fingerprint density at radius 3 is 2.95 bits per heavy atom. The molecule has 1 aromatic carbocycles. The lowest BCUT2D eigenvalue weighted by molar-refractivity contribution is 0.624. The van der Waals surface area contributed by atoms with Crippen molar-refractivity contribution in [3.05, 3.63) is 50.7 Å². The van der Waals surface area contributed by atoms with Crippen LogP contribution in [0.3, 0.4) is 0 Å². The largest absolute Gasteiger partial charge is 0.345 e. The van der Waals surface area contributed by atoms with Crippen LogP contribution in [0, 0.1) is 10.5 Å². The molecule has 0 atom stereocenters. The highest BCUT2D eigenvalue weighted by atomic mass is 79.9. The van der Waals surface area contributed by atoms with E-state index in [-0.39, 0.29) is 5.82 Å². The van der Waals surface area contributed by atoms with Gasteiger partial charge in [0.05, 0.1) is 10.2 Å². The summed E-state index contributed by atoms with van der Waals surface area (Å²) in [6.07, 6.45) is 1.95. The van der Waals surface area contributed by atoms with Gasteiger partial charge in [-0.1, -0.05) is 31.6 Å². The van der Waals surface area contributed by atoms with Crippen LogP contribution in [-0.2, 0) is 12.2 Å². The van der Waals surface area contributed by atoms with E-state index < -0.39 is 0 Å². The summed E-state index contributed by atoms with van der Waals surface area (Å²) in [6, 6.07) is 6.55. The van der Waals surface area contributed by atoms with Gasteiger partial charge in [0.1, 0.15) is 16.3 Å². The molecule has 0 saturated carbocycles. The number of nitrogens with one attached hydrogen (secondary N) is 1. The zero-order chi connectivity index (χ0) is 14.5. The van der Waals surface area contributed by atoms with Crippen molar-refractivity contribution in [2.24, 2.45) is 0 Å². The summed E-state index contributed by atoms with van der Waals surface area (Å²) in [5.74, 6) is 1.23. The molecule has 6 heteroatoms. The van der Waals surface area contributed by atoms with Gasteiger partial charge in [-0.3, -0.25) is 0 Å². The van der Waals surface area contributed by atoms with E-state index in [1.54, 1.807) is 6.07 Å². The van der Waals surface area contributed by atoms with E-state index in [0.29, 0.717) is 10.4 Å². The molecule has 0 unspecified atom stereocenters. The number of nitrogens with zero attached hydrogens (tertiary/aromatic N) is 1. The van der Waals surface area contributed by atoms with Crippen molar-refractivity contribution >= 4 is 39.9 Å². The Morgan fingerprint density at radius 2 is 2.25 bits per heavy atom. The number of rotatable bonds is 5. The normalized spacial score (nSPS) is 10.8. The van der Waals surface area contributed by atoms with Crippen molar-refractivity contribution in [2.45, 2.75) is 30.4 Å². The molecule has 0 aliphatic heterocycles. The summed E-state index contributed by atoms with van der Waals surface area (Å²) in [4.78, 5) is 8.53. The molecule has 20 heavy (non-hydrogen) atoms. The summed E-state index contributed by atoms with van der Waals surface area (Å²) >= 11 is 10.2. The molecule has 0 fully saturated rings. The Kier molecular flexibility index (Phi) is 5.74. The van der Waals surface area contributed by atoms with Crippen LogP contribution in [0.1, 0.15) is 24.9 Å². The van der Waals surface area contributed by atoms with Gasteiger partial charge in [0, 0.05) is 10.6 Å². The average Bonchev–Trinajstić information content (AvgIpc) is 2.42. The second-order valence-corrected chi connectivity index (χ2v) is 6.51. The number of aryl methyl sites for hydroxylation is 1. The predicted octanol–water partition coefficient (Wildman–Crippen LogP) is 5.29. The molecule has 1 heterocycles. The lowest BCUT2D eigenvalue weighted by Gasteiger charge is -2.07. The number of hydrogen-bond donors (Lipinski definition) is 1. The molecule has 1 aromatic heterocycles. The standard InChI is InChI=1S/C14H14BrFN2S2/c1-2-4-11-13(15)14(19)18-12(17-11)8-20-10-6-3-5-9(16)7-10/h3,5-7H,2,4,8H2,1H3,(H,17,18,19). The minimum absolute atomic E-state index is 0.224. The van der Waals surface area contributed by atoms with E-state index in [2.05, 4.69) is 32.8 Å². The molecule has 2 aromatic rings. The third kappa shape index (κ3) is 4.14. The maximum Gasteiger partial charge on any atom is 0.144 e. The monoisotopic (exact) mass is 372 g/mol. The van der Waals surface area contributed by atoms with Gasteiger partial charge in [-0.15, -0.1) is 11.8 Å². The van der Waals surface area contributed by atoms with Gasteiger partial charge in [0.15, 0.2) is 0 Å². The number of H-pyrrole nitrogens is 1. The molecule has 1 N–H and O–H groups in total. The Bertz CT molecular complexity index is 658. The lowest BCUT2D eigenvalue weighted by Crippen LogP contribution is -2.00. The van der Waals surface area contributed by atoms with E-state index in [0.717, 1.165) is 33.7 Å². The zero-order valence-electron chi connectivity index (χ0n) is 11.0. The first-order valence-electron chi connectivity index (χ1n) is 6.26.